The van der Waals surface area contributed by atoms with Crippen molar-refractivity contribution in [3.63, 3.8) is 0 Å². The van der Waals surface area contributed by atoms with E-state index in [4.69, 9.17) is 28.4 Å². The van der Waals surface area contributed by atoms with Crippen molar-refractivity contribution in [1.82, 2.24) is 4.90 Å². The molecule has 41 heavy (non-hydrogen) atoms. The molecule has 1 heterocycles. The van der Waals surface area contributed by atoms with Crippen LogP contribution in [0.25, 0.3) is 0 Å². The SMILES string of the molecule is COC[C@]12CN(C)C3[C@@H]4[C@H](OC)[C@H]1[C@@]3([C@@H](OC)C[C@H]2O)[C@]1(O)C[C@@]2(O)[C@H](OC(C)=O)[C@@H]1[C@]4(OC(C)=O)[C@@H](O)[C@@H]2OC. The van der Waals surface area contributed by atoms with E-state index >= 15 is 0 Å². The summed E-state index contributed by atoms with van der Waals surface area (Å²) in [5, 5.41) is 49.8. The lowest BCUT2D eigenvalue weighted by atomic mass is 9.40. The molecule has 0 aromatic rings. The number of likely N-dealkylation sites (tertiary alicyclic amines) is 1. The fourth-order valence-electron chi connectivity index (χ4n) is 11.7. The molecule has 6 rings (SSSR count). The van der Waals surface area contributed by atoms with Gasteiger partial charge in [-0.05, 0) is 7.05 Å². The van der Waals surface area contributed by atoms with Crippen LogP contribution in [0.4, 0.5) is 0 Å². The number of nitrogens with zero attached hydrogens (tertiary/aromatic N) is 1. The Morgan fingerprint density at radius 3 is 2.17 bits per heavy atom. The zero-order valence-electron chi connectivity index (χ0n) is 24.6. The van der Waals surface area contributed by atoms with E-state index in [1.807, 2.05) is 11.9 Å². The number of fused-ring (bicyclic) bond motifs is 2. The maximum Gasteiger partial charge on any atom is 0.303 e. The minimum absolute atomic E-state index is 0.128. The van der Waals surface area contributed by atoms with Gasteiger partial charge in [-0.25, -0.2) is 0 Å². The number of ether oxygens (including phenoxy) is 6. The van der Waals surface area contributed by atoms with E-state index in [1.165, 1.54) is 35.2 Å². The monoisotopic (exact) mass is 585 g/mol. The van der Waals surface area contributed by atoms with Gasteiger partial charge in [0.1, 0.15) is 23.9 Å². The zero-order chi connectivity index (χ0) is 30.1. The predicted molar refractivity (Wildman–Crippen MR) is 137 cm³/mol. The summed E-state index contributed by atoms with van der Waals surface area (Å²) in [5.74, 6) is -4.17. The highest BCUT2D eigenvalue weighted by atomic mass is 16.6. The summed E-state index contributed by atoms with van der Waals surface area (Å²) in [6, 6.07) is -0.605. The Labute approximate surface area is 238 Å². The number of rotatable bonds is 7. The number of hydrogen-bond donors (Lipinski definition) is 4. The molecular formula is C28H43NO12. The van der Waals surface area contributed by atoms with Gasteiger partial charge in [0, 0.05) is 90.4 Å². The quantitative estimate of drug-likeness (QED) is 0.244. The molecule has 6 aliphatic rings. The molecule has 5 saturated carbocycles. The Kier molecular flexibility index (Phi) is 6.55. The minimum Gasteiger partial charge on any atom is -0.459 e. The van der Waals surface area contributed by atoms with Crippen molar-refractivity contribution in [3.05, 3.63) is 0 Å². The van der Waals surface area contributed by atoms with E-state index in [1.54, 1.807) is 7.11 Å². The van der Waals surface area contributed by atoms with Crippen LogP contribution < -0.4 is 0 Å². The number of aliphatic hydroxyl groups is 4. The van der Waals surface area contributed by atoms with Crippen molar-refractivity contribution >= 4 is 11.9 Å². The van der Waals surface area contributed by atoms with Crippen LogP contribution >= 0.6 is 0 Å². The molecule has 0 amide bonds. The van der Waals surface area contributed by atoms with Crippen LogP contribution in [0.15, 0.2) is 0 Å². The average molecular weight is 586 g/mol. The molecule has 13 nitrogen and oxygen atoms in total. The lowest BCUT2D eigenvalue weighted by Gasteiger charge is -2.72. The van der Waals surface area contributed by atoms with Crippen LogP contribution in [0.1, 0.15) is 26.7 Å². The molecule has 15 atom stereocenters. The van der Waals surface area contributed by atoms with Crippen molar-refractivity contribution in [3.8, 4) is 0 Å². The summed E-state index contributed by atoms with van der Waals surface area (Å²) in [5.41, 5.74) is -8.12. The molecule has 7 bridgehead atoms. The van der Waals surface area contributed by atoms with Crippen LogP contribution in [-0.2, 0) is 38.0 Å². The number of aliphatic hydroxyl groups excluding tert-OH is 2. The number of piperidine rings is 1. The third-order valence-corrected chi connectivity index (χ3v) is 12.0. The smallest absolute Gasteiger partial charge is 0.303 e. The molecule has 1 aliphatic heterocycles. The van der Waals surface area contributed by atoms with Gasteiger partial charge < -0.3 is 53.7 Å². The first-order chi connectivity index (χ1) is 19.2. The Morgan fingerprint density at radius 1 is 0.951 bits per heavy atom. The number of carbonyl (C=O) groups is 2. The van der Waals surface area contributed by atoms with E-state index < -0.39 is 100.0 Å². The van der Waals surface area contributed by atoms with Crippen LogP contribution in [0.5, 0.6) is 0 Å². The molecule has 4 N–H and O–H groups in total. The third-order valence-electron chi connectivity index (χ3n) is 12.0. The molecule has 0 aromatic carbocycles. The fraction of sp³-hybridized carbons (Fsp3) is 0.929. The number of carbonyl (C=O) groups excluding carboxylic acids is 2. The van der Waals surface area contributed by atoms with Gasteiger partial charge in [-0.1, -0.05) is 0 Å². The van der Waals surface area contributed by atoms with E-state index in [0.29, 0.717) is 6.54 Å². The van der Waals surface area contributed by atoms with Gasteiger partial charge in [-0.3, -0.25) is 9.59 Å². The summed E-state index contributed by atoms with van der Waals surface area (Å²) >= 11 is 0. The van der Waals surface area contributed by atoms with Gasteiger partial charge in [0.2, 0.25) is 0 Å². The van der Waals surface area contributed by atoms with Gasteiger partial charge in [-0.2, -0.15) is 0 Å². The molecule has 13 heteroatoms. The van der Waals surface area contributed by atoms with Gasteiger partial charge in [0.05, 0.1) is 36.4 Å². The number of esters is 2. The fourth-order valence-corrected chi connectivity index (χ4v) is 11.7. The van der Waals surface area contributed by atoms with E-state index in [0.717, 1.165) is 0 Å². The lowest BCUT2D eigenvalue weighted by Crippen LogP contribution is -2.85. The van der Waals surface area contributed by atoms with Crippen LogP contribution in [0, 0.1) is 28.6 Å². The Bertz CT molecular complexity index is 1120. The first kappa shape index (κ1) is 29.6. The number of hydrogen-bond acceptors (Lipinski definition) is 13. The molecule has 0 aromatic heterocycles. The van der Waals surface area contributed by atoms with Gasteiger partial charge >= 0.3 is 11.9 Å². The molecular weight excluding hydrogens is 542 g/mol. The van der Waals surface area contributed by atoms with Crippen LogP contribution in [0.2, 0.25) is 0 Å². The topological polar surface area (TPSA) is 174 Å². The Balaban J connectivity index is 1.76. The molecule has 1 saturated heterocycles. The summed E-state index contributed by atoms with van der Waals surface area (Å²) < 4.78 is 35.9. The van der Waals surface area contributed by atoms with Crippen molar-refractivity contribution < 1.29 is 58.4 Å². The van der Waals surface area contributed by atoms with Gasteiger partial charge in [0.25, 0.3) is 0 Å². The molecule has 1 unspecified atom stereocenters. The highest BCUT2D eigenvalue weighted by Crippen LogP contribution is 2.81. The van der Waals surface area contributed by atoms with Gasteiger partial charge in [0.15, 0.2) is 5.60 Å². The molecule has 232 valence electrons. The van der Waals surface area contributed by atoms with Crippen molar-refractivity contribution in [2.45, 2.75) is 86.2 Å². The molecule has 0 radical (unpaired) electrons. The van der Waals surface area contributed by atoms with Gasteiger partial charge in [-0.15, -0.1) is 0 Å². The summed E-state index contributed by atoms with van der Waals surface area (Å²) in [4.78, 5) is 27.5. The second-order valence-electron chi connectivity index (χ2n) is 13.3. The predicted octanol–water partition coefficient (Wildman–Crippen LogP) is -1.92. The van der Waals surface area contributed by atoms with Crippen molar-refractivity contribution in [1.29, 1.82) is 0 Å². The van der Waals surface area contributed by atoms with Crippen LogP contribution in [-0.4, -0.2) is 145 Å². The van der Waals surface area contributed by atoms with E-state index in [2.05, 4.69) is 0 Å². The van der Waals surface area contributed by atoms with Crippen molar-refractivity contribution in [2.75, 3.05) is 48.6 Å². The van der Waals surface area contributed by atoms with E-state index in [9.17, 15) is 30.0 Å². The third kappa shape index (κ3) is 2.98. The highest BCUT2D eigenvalue weighted by molar-refractivity contribution is 5.68. The molecule has 6 fully saturated rings. The second-order valence-corrected chi connectivity index (χ2v) is 13.3. The lowest BCUT2D eigenvalue weighted by molar-refractivity contribution is -0.354. The average Bonchev–Trinajstić information content (AvgIpc) is 3.25. The van der Waals surface area contributed by atoms with Crippen LogP contribution in [0.3, 0.4) is 0 Å². The minimum atomic E-state index is -2.05. The summed E-state index contributed by atoms with van der Waals surface area (Å²) in [6.07, 6.45) is -7.09. The normalized spacial score (nSPS) is 56.5. The Hall–Kier alpha value is -1.42. The largest absolute Gasteiger partial charge is 0.459 e. The number of methoxy groups -OCH3 is 4. The first-order valence-corrected chi connectivity index (χ1v) is 14.2. The molecule has 1 spiro atoms. The maximum absolute atomic E-state index is 13.5. The summed E-state index contributed by atoms with van der Waals surface area (Å²) in [7, 11) is 7.75. The molecule has 5 aliphatic carbocycles. The first-order valence-electron chi connectivity index (χ1n) is 14.2. The summed E-state index contributed by atoms with van der Waals surface area (Å²) in [6.45, 7) is 2.90. The Morgan fingerprint density at radius 2 is 1.63 bits per heavy atom. The second kappa shape index (κ2) is 9.05. The maximum atomic E-state index is 13.5. The van der Waals surface area contributed by atoms with Crippen molar-refractivity contribution in [2.24, 2.45) is 28.6 Å². The van der Waals surface area contributed by atoms with E-state index in [-0.39, 0.29) is 19.4 Å². The standard InChI is InChI=1S/C28H43NO12/c1-12(30)40-22-19-26(35)9-25(22,34)23(39-7)21(33)28(19,41-13(2)31)16-17(38-6)18-24(11-36-4)10-29(3)20(16)27(18,26)15(37-5)8-14(24)32/h14-23,32-35H,8-11H2,1-7H3/t14-,15+,16+,17+,18-,19+,20?,21+,22-,23+,24+,25-,26+,27-,28+/m1/s1. The zero-order valence-corrected chi connectivity index (χ0v) is 24.6. The highest BCUT2D eigenvalue weighted by Gasteiger charge is 2.96.